The minimum absolute atomic E-state index is 0.0303. The topological polar surface area (TPSA) is 56.1 Å². The maximum absolute atomic E-state index is 12.3. The predicted molar refractivity (Wildman–Crippen MR) is 112 cm³/mol. The van der Waals surface area contributed by atoms with Gasteiger partial charge in [0.15, 0.2) is 0 Å². The molecule has 0 unspecified atom stereocenters. The minimum atomic E-state index is -0.0303. The van der Waals surface area contributed by atoms with Crippen LogP contribution >= 0.6 is 0 Å². The highest BCUT2D eigenvalue weighted by molar-refractivity contribution is 5.92. The Morgan fingerprint density at radius 3 is 2.39 bits per heavy atom. The molecule has 0 saturated heterocycles. The van der Waals surface area contributed by atoms with E-state index in [4.69, 9.17) is 4.74 Å². The van der Waals surface area contributed by atoms with Gasteiger partial charge in [0.25, 0.3) is 0 Å². The van der Waals surface area contributed by atoms with Crippen LogP contribution in [0.15, 0.2) is 67.3 Å². The number of aromatic nitrogens is 2. The zero-order valence-corrected chi connectivity index (χ0v) is 16.7. The molecule has 0 fully saturated rings. The number of hydrogen-bond acceptors (Lipinski definition) is 3. The number of rotatable bonds is 7. The average molecular weight is 377 g/mol. The molecule has 3 rings (SSSR count). The fourth-order valence-electron chi connectivity index (χ4n) is 2.84. The highest BCUT2D eigenvalue weighted by atomic mass is 16.5. The fraction of sp³-hybridized carbons (Fsp3) is 0.304. The van der Waals surface area contributed by atoms with Crippen LogP contribution in [0.2, 0.25) is 0 Å². The molecule has 0 aliphatic carbocycles. The van der Waals surface area contributed by atoms with Gasteiger partial charge >= 0.3 is 0 Å². The lowest BCUT2D eigenvalue weighted by Crippen LogP contribution is -2.15. The van der Waals surface area contributed by atoms with Gasteiger partial charge in [-0.25, -0.2) is 4.98 Å². The molecule has 0 saturated carbocycles. The highest BCUT2D eigenvalue weighted by Gasteiger charge is 2.13. The van der Waals surface area contributed by atoms with Crippen molar-refractivity contribution in [3.05, 3.63) is 78.4 Å². The molecule has 146 valence electrons. The summed E-state index contributed by atoms with van der Waals surface area (Å²) in [6, 6.07) is 15.7. The fourth-order valence-corrected chi connectivity index (χ4v) is 2.84. The van der Waals surface area contributed by atoms with Crippen molar-refractivity contribution >= 4 is 11.6 Å². The summed E-state index contributed by atoms with van der Waals surface area (Å²) in [5.74, 6) is 0.744. The van der Waals surface area contributed by atoms with Crippen molar-refractivity contribution in [2.75, 3.05) is 11.9 Å². The number of anilines is 1. The van der Waals surface area contributed by atoms with E-state index in [1.165, 1.54) is 5.56 Å². The van der Waals surface area contributed by atoms with E-state index in [2.05, 4.69) is 43.2 Å². The number of nitrogens with zero attached hydrogens (tertiary/aromatic N) is 2. The minimum Gasteiger partial charge on any atom is -0.492 e. The molecule has 3 aromatic rings. The van der Waals surface area contributed by atoms with Crippen LogP contribution in [0.5, 0.6) is 5.75 Å². The number of carbonyl (C=O) groups excluding carboxylic acids is 1. The summed E-state index contributed by atoms with van der Waals surface area (Å²) in [7, 11) is 0. The molecular formula is C23H27N3O2. The van der Waals surface area contributed by atoms with Crippen molar-refractivity contribution in [1.82, 2.24) is 9.55 Å². The lowest BCUT2D eigenvalue weighted by molar-refractivity contribution is -0.115. The Bertz CT molecular complexity index is 877. The lowest BCUT2D eigenvalue weighted by atomic mass is 9.86. The molecule has 0 bridgehead atoms. The monoisotopic (exact) mass is 377 g/mol. The number of amides is 1. The first-order valence-corrected chi connectivity index (χ1v) is 9.48. The molecule has 2 aromatic carbocycles. The van der Waals surface area contributed by atoms with Crippen LogP contribution in [0, 0.1) is 0 Å². The van der Waals surface area contributed by atoms with Gasteiger partial charge in [0.05, 0.1) is 19.3 Å². The third-order valence-electron chi connectivity index (χ3n) is 4.50. The normalized spacial score (nSPS) is 11.2. The van der Waals surface area contributed by atoms with Gasteiger partial charge in [0, 0.05) is 18.1 Å². The van der Waals surface area contributed by atoms with Gasteiger partial charge in [0.1, 0.15) is 12.4 Å². The Morgan fingerprint density at radius 1 is 1.07 bits per heavy atom. The maximum atomic E-state index is 12.3. The highest BCUT2D eigenvalue weighted by Crippen LogP contribution is 2.22. The second kappa shape index (κ2) is 8.74. The first-order valence-electron chi connectivity index (χ1n) is 9.48. The summed E-state index contributed by atoms with van der Waals surface area (Å²) in [6.45, 7) is 7.85. The molecule has 0 aliphatic heterocycles. The summed E-state index contributed by atoms with van der Waals surface area (Å²) >= 11 is 0. The standard InChI is InChI=1S/C23H27N3O2/c1-23(2,3)19-6-4-18(5-7-19)16-22(27)25-20-8-10-21(11-9-20)28-15-14-26-13-12-24-17-26/h4-13,17H,14-16H2,1-3H3,(H,25,27). The Hall–Kier alpha value is -3.08. The summed E-state index contributed by atoms with van der Waals surface area (Å²) in [5.41, 5.74) is 3.15. The molecule has 1 aromatic heterocycles. The van der Waals surface area contributed by atoms with E-state index < -0.39 is 0 Å². The largest absolute Gasteiger partial charge is 0.492 e. The number of imidazole rings is 1. The van der Waals surface area contributed by atoms with Crippen LogP contribution < -0.4 is 10.1 Å². The predicted octanol–water partition coefficient (Wildman–Crippen LogP) is 4.44. The molecule has 0 aliphatic rings. The zero-order chi connectivity index (χ0) is 20.0. The average Bonchev–Trinajstić information content (AvgIpc) is 3.16. The van der Waals surface area contributed by atoms with E-state index in [9.17, 15) is 4.79 Å². The molecule has 0 atom stereocenters. The van der Waals surface area contributed by atoms with Crippen LogP contribution in [0.25, 0.3) is 0 Å². The summed E-state index contributed by atoms with van der Waals surface area (Å²) in [5, 5.41) is 2.93. The van der Waals surface area contributed by atoms with E-state index >= 15 is 0 Å². The Kier molecular flexibility index (Phi) is 6.14. The summed E-state index contributed by atoms with van der Waals surface area (Å²) < 4.78 is 7.67. The molecule has 1 heterocycles. The van der Waals surface area contributed by atoms with Gasteiger partial charge in [0.2, 0.25) is 5.91 Å². The third kappa shape index (κ3) is 5.71. The molecule has 0 spiro atoms. The zero-order valence-electron chi connectivity index (χ0n) is 16.7. The molecule has 5 heteroatoms. The van der Waals surface area contributed by atoms with Crippen LogP contribution in [0.4, 0.5) is 5.69 Å². The Labute approximate surface area is 166 Å². The van der Waals surface area contributed by atoms with Crippen molar-refractivity contribution in [3.63, 3.8) is 0 Å². The molecular weight excluding hydrogens is 350 g/mol. The summed E-state index contributed by atoms with van der Waals surface area (Å²) in [4.78, 5) is 16.3. The molecule has 28 heavy (non-hydrogen) atoms. The van der Waals surface area contributed by atoms with Crippen LogP contribution in [-0.4, -0.2) is 22.1 Å². The van der Waals surface area contributed by atoms with Crippen molar-refractivity contribution < 1.29 is 9.53 Å². The number of nitrogens with one attached hydrogen (secondary N) is 1. The van der Waals surface area contributed by atoms with E-state index in [-0.39, 0.29) is 11.3 Å². The van der Waals surface area contributed by atoms with E-state index in [0.717, 1.165) is 23.5 Å². The quantitative estimate of drug-likeness (QED) is 0.662. The van der Waals surface area contributed by atoms with Crippen LogP contribution in [0.1, 0.15) is 31.9 Å². The van der Waals surface area contributed by atoms with Gasteiger partial charge in [-0.05, 0) is 40.8 Å². The van der Waals surface area contributed by atoms with E-state index in [0.29, 0.717) is 13.0 Å². The number of carbonyl (C=O) groups is 1. The Morgan fingerprint density at radius 2 is 1.79 bits per heavy atom. The summed E-state index contributed by atoms with van der Waals surface area (Å²) in [6.07, 6.45) is 5.77. The lowest BCUT2D eigenvalue weighted by Gasteiger charge is -2.19. The van der Waals surface area contributed by atoms with Crippen LogP contribution in [-0.2, 0) is 23.2 Å². The second-order valence-corrected chi connectivity index (χ2v) is 7.85. The van der Waals surface area contributed by atoms with Gasteiger partial charge in [-0.15, -0.1) is 0 Å². The maximum Gasteiger partial charge on any atom is 0.228 e. The molecule has 1 N–H and O–H groups in total. The SMILES string of the molecule is CC(C)(C)c1ccc(CC(=O)Nc2ccc(OCCn3ccnc3)cc2)cc1. The first-order chi connectivity index (χ1) is 13.4. The van der Waals surface area contributed by atoms with Crippen molar-refractivity contribution in [2.45, 2.75) is 39.2 Å². The van der Waals surface area contributed by atoms with Gasteiger partial charge in [-0.2, -0.15) is 0 Å². The van der Waals surface area contributed by atoms with Crippen molar-refractivity contribution in [2.24, 2.45) is 0 Å². The third-order valence-corrected chi connectivity index (χ3v) is 4.50. The van der Waals surface area contributed by atoms with Crippen molar-refractivity contribution in [1.29, 1.82) is 0 Å². The first kappa shape index (κ1) is 19.7. The van der Waals surface area contributed by atoms with Gasteiger partial charge < -0.3 is 14.6 Å². The van der Waals surface area contributed by atoms with E-state index in [1.807, 2.05) is 47.2 Å². The Balaban J connectivity index is 1.47. The van der Waals surface area contributed by atoms with Crippen LogP contribution in [0.3, 0.4) is 0 Å². The number of benzene rings is 2. The van der Waals surface area contributed by atoms with Gasteiger partial charge in [-0.3, -0.25) is 4.79 Å². The molecule has 0 radical (unpaired) electrons. The molecule has 5 nitrogen and oxygen atoms in total. The number of ether oxygens (including phenoxy) is 1. The van der Waals surface area contributed by atoms with Gasteiger partial charge in [-0.1, -0.05) is 45.0 Å². The number of hydrogen-bond donors (Lipinski definition) is 1. The molecule has 1 amide bonds. The van der Waals surface area contributed by atoms with E-state index in [1.54, 1.807) is 12.5 Å². The van der Waals surface area contributed by atoms with Crippen molar-refractivity contribution in [3.8, 4) is 5.75 Å². The smallest absolute Gasteiger partial charge is 0.228 e. The second-order valence-electron chi connectivity index (χ2n) is 7.85.